The molecule has 8 nitrogen and oxygen atoms in total. The van der Waals surface area contributed by atoms with Crippen LogP contribution < -0.4 is 10.5 Å². The highest BCUT2D eigenvalue weighted by atomic mass is 127. The molecule has 0 atom stereocenters. The van der Waals surface area contributed by atoms with E-state index in [1.54, 1.807) is 4.57 Å². The molecule has 11 heteroatoms. The zero-order chi connectivity index (χ0) is 23.6. The molecule has 0 aliphatic rings. The van der Waals surface area contributed by atoms with E-state index in [0.717, 1.165) is 20.0 Å². The van der Waals surface area contributed by atoms with Crippen molar-refractivity contribution in [1.82, 2.24) is 4.57 Å². The van der Waals surface area contributed by atoms with Crippen molar-refractivity contribution >= 4 is 72.2 Å². The van der Waals surface area contributed by atoms with E-state index in [0.29, 0.717) is 17.9 Å². The molecular weight excluding hydrogens is 573 g/mol. The zero-order valence-electron chi connectivity index (χ0n) is 17.0. The molecule has 0 saturated carbocycles. The molecule has 0 spiro atoms. The number of sulfonamides is 1. The fourth-order valence-corrected chi connectivity index (χ4v) is 4.46. The molecule has 1 heterocycles. The summed E-state index contributed by atoms with van der Waals surface area (Å²) in [4.78, 5) is -0.00801. The molecule has 0 aliphatic carbocycles. The highest BCUT2D eigenvalue weighted by molar-refractivity contribution is 14.1. The van der Waals surface area contributed by atoms with Crippen molar-refractivity contribution in [3.05, 3.63) is 81.9 Å². The number of aromatic nitrogens is 1. The largest absolute Gasteiger partial charge is 0.493 e. The Morgan fingerprint density at radius 2 is 1.79 bits per heavy atom. The maximum atomic E-state index is 11.4. The second-order valence-electron chi connectivity index (χ2n) is 7.10. The third kappa shape index (κ3) is 5.38. The van der Waals surface area contributed by atoms with Crippen molar-refractivity contribution in [2.45, 2.75) is 11.4 Å². The van der Waals surface area contributed by atoms with E-state index < -0.39 is 10.0 Å². The van der Waals surface area contributed by atoms with E-state index >= 15 is 0 Å². The number of nitrogens with zero attached hydrogens (tertiary/aromatic N) is 3. The van der Waals surface area contributed by atoms with Crippen LogP contribution in [0.25, 0.3) is 10.9 Å². The van der Waals surface area contributed by atoms with Crippen LogP contribution in [0.2, 0.25) is 0 Å². The Balaban J connectivity index is 1.62. The number of rotatable bonds is 5. The van der Waals surface area contributed by atoms with E-state index in [-0.39, 0.29) is 15.9 Å². The predicted octanol–water partition coefficient (Wildman–Crippen LogP) is 5.13. The molecule has 0 saturated heterocycles. The average Bonchev–Trinajstić information content (AvgIpc) is 3.03. The molecular formula is C22H18IN5O3S2. The Bertz CT molecular complexity index is 1470. The lowest BCUT2D eigenvalue weighted by Crippen LogP contribution is -2.12. The smallest absolute Gasteiger partial charge is 0.238 e. The van der Waals surface area contributed by atoms with Gasteiger partial charge in [-0.15, -0.1) is 10.2 Å². The van der Waals surface area contributed by atoms with Crippen molar-refractivity contribution in [2.75, 3.05) is 5.32 Å². The first-order chi connectivity index (χ1) is 15.7. The minimum absolute atomic E-state index is 0.00801. The summed E-state index contributed by atoms with van der Waals surface area (Å²) < 4.78 is 25.5. The second kappa shape index (κ2) is 9.55. The van der Waals surface area contributed by atoms with E-state index in [1.165, 1.54) is 24.3 Å². The lowest BCUT2D eigenvalue weighted by Gasteiger charge is -2.07. The molecule has 4 N–H and O–H groups in total. The minimum atomic E-state index is -3.78. The molecule has 3 aromatic carbocycles. The molecule has 0 amide bonds. The van der Waals surface area contributed by atoms with Crippen molar-refractivity contribution < 1.29 is 13.5 Å². The summed E-state index contributed by atoms with van der Waals surface area (Å²) >= 11 is 7.44. The lowest BCUT2D eigenvalue weighted by molar-refractivity contribution is 0.429. The number of halogens is 1. The number of hydrogen-bond donors (Lipinski definition) is 3. The number of nitrogens with two attached hydrogens (primary N) is 1. The summed E-state index contributed by atoms with van der Waals surface area (Å²) in [5.74, 6) is -0.0140. The SMILES string of the molecule is NS(=O)(=O)c1ccc(NC(=S)N=Nc2c(O)n(Cc3ccccc3)c3ccc(I)cc23)cc1. The zero-order valence-corrected chi connectivity index (χ0v) is 20.8. The number of anilines is 1. The summed E-state index contributed by atoms with van der Waals surface area (Å²) in [5.41, 5.74) is 2.69. The van der Waals surface area contributed by atoms with Crippen LogP contribution >= 0.6 is 34.8 Å². The maximum absolute atomic E-state index is 11.4. The molecule has 33 heavy (non-hydrogen) atoms. The topological polar surface area (TPSA) is 122 Å². The van der Waals surface area contributed by atoms with Gasteiger partial charge in [0.15, 0.2) is 5.69 Å². The van der Waals surface area contributed by atoms with Gasteiger partial charge in [0.25, 0.3) is 0 Å². The fourth-order valence-electron chi connectivity index (χ4n) is 3.29. The van der Waals surface area contributed by atoms with Gasteiger partial charge in [-0.05, 0) is 82.8 Å². The van der Waals surface area contributed by atoms with Gasteiger partial charge in [0.05, 0.1) is 17.0 Å². The quantitative estimate of drug-likeness (QED) is 0.169. The Morgan fingerprint density at radius 1 is 1.09 bits per heavy atom. The fraction of sp³-hybridized carbons (Fsp3) is 0.0455. The van der Waals surface area contributed by atoms with Gasteiger partial charge in [-0.3, -0.25) is 0 Å². The van der Waals surface area contributed by atoms with Crippen LogP contribution in [0, 0.1) is 3.57 Å². The van der Waals surface area contributed by atoms with Crippen molar-refractivity contribution in [1.29, 1.82) is 0 Å². The first-order valence-corrected chi connectivity index (χ1v) is 12.7. The lowest BCUT2D eigenvalue weighted by atomic mass is 10.2. The van der Waals surface area contributed by atoms with Crippen LogP contribution in [0.1, 0.15) is 5.56 Å². The number of fused-ring (bicyclic) bond motifs is 1. The molecule has 0 fully saturated rings. The van der Waals surface area contributed by atoms with Crippen molar-refractivity contribution in [3.63, 3.8) is 0 Å². The van der Waals surface area contributed by atoms with Gasteiger partial charge in [0, 0.05) is 14.6 Å². The molecule has 4 rings (SSSR count). The molecule has 0 unspecified atom stereocenters. The second-order valence-corrected chi connectivity index (χ2v) is 10.3. The van der Waals surface area contributed by atoms with Gasteiger partial charge in [-0.25, -0.2) is 13.6 Å². The Labute approximate surface area is 209 Å². The number of benzene rings is 3. The van der Waals surface area contributed by atoms with E-state index in [2.05, 4.69) is 38.1 Å². The molecule has 0 aliphatic heterocycles. The number of nitrogens with one attached hydrogen (secondary N) is 1. The van der Waals surface area contributed by atoms with Crippen molar-refractivity contribution in [3.8, 4) is 5.88 Å². The standard InChI is InChI=1S/C22H18IN5O3S2/c23-15-6-11-19-18(12-15)20(21(29)28(19)13-14-4-2-1-3-5-14)26-27-22(32)25-16-7-9-17(10-8-16)33(24,30)31/h1-12,29H,13H2,(H,25,32)(H2,24,30,31). The molecule has 0 bridgehead atoms. The van der Waals surface area contributed by atoms with Gasteiger partial charge >= 0.3 is 0 Å². The van der Waals surface area contributed by atoms with E-state index in [4.69, 9.17) is 17.4 Å². The highest BCUT2D eigenvalue weighted by Gasteiger charge is 2.17. The predicted molar refractivity (Wildman–Crippen MR) is 140 cm³/mol. The Morgan fingerprint density at radius 3 is 2.45 bits per heavy atom. The van der Waals surface area contributed by atoms with Gasteiger partial charge in [-0.1, -0.05) is 30.3 Å². The average molecular weight is 591 g/mol. The van der Waals surface area contributed by atoms with Crippen LogP contribution in [0.15, 0.2) is 87.9 Å². The minimum Gasteiger partial charge on any atom is -0.493 e. The molecule has 1 aromatic heterocycles. The number of primary sulfonamides is 1. The Kier molecular flexibility index (Phi) is 6.74. The first kappa shape index (κ1) is 23.3. The number of hydrogen-bond acceptors (Lipinski definition) is 5. The first-order valence-electron chi connectivity index (χ1n) is 9.62. The summed E-state index contributed by atoms with van der Waals surface area (Å²) in [6.45, 7) is 0.471. The van der Waals surface area contributed by atoms with Gasteiger partial charge < -0.3 is 15.0 Å². The van der Waals surface area contributed by atoms with Crippen LogP contribution in [0.3, 0.4) is 0 Å². The third-order valence-electron chi connectivity index (χ3n) is 4.83. The highest BCUT2D eigenvalue weighted by Crippen LogP contribution is 2.40. The normalized spacial score (nSPS) is 11.8. The summed E-state index contributed by atoms with van der Waals surface area (Å²) in [5, 5.41) is 28.0. The summed E-state index contributed by atoms with van der Waals surface area (Å²) in [7, 11) is -3.78. The van der Waals surface area contributed by atoms with Crippen LogP contribution in [-0.4, -0.2) is 23.2 Å². The number of aromatic hydroxyl groups is 1. The number of thiocarbonyl (C=S) groups is 1. The van der Waals surface area contributed by atoms with Crippen LogP contribution in [-0.2, 0) is 16.6 Å². The monoisotopic (exact) mass is 591 g/mol. The summed E-state index contributed by atoms with van der Waals surface area (Å²) in [6.07, 6.45) is 0. The van der Waals surface area contributed by atoms with E-state index in [1.807, 2.05) is 48.5 Å². The van der Waals surface area contributed by atoms with Crippen LogP contribution in [0.4, 0.5) is 11.4 Å². The molecule has 4 aromatic rings. The van der Waals surface area contributed by atoms with Gasteiger partial charge in [0.2, 0.25) is 21.0 Å². The Hall–Kier alpha value is -2.87. The molecule has 0 radical (unpaired) electrons. The van der Waals surface area contributed by atoms with Gasteiger partial charge in [0.1, 0.15) is 0 Å². The van der Waals surface area contributed by atoms with Gasteiger partial charge in [-0.2, -0.15) is 0 Å². The van der Waals surface area contributed by atoms with E-state index in [9.17, 15) is 13.5 Å². The number of azo groups is 1. The third-order valence-corrected chi connectivity index (χ3v) is 6.61. The van der Waals surface area contributed by atoms with Crippen molar-refractivity contribution in [2.24, 2.45) is 15.4 Å². The molecule has 168 valence electrons. The van der Waals surface area contributed by atoms with Crippen LogP contribution in [0.5, 0.6) is 5.88 Å². The maximum Gasteiger partial charge on any atom is 0.238 e. The summed E-state index contributed by atoms with van der Waals surface area (Å²) in [6, 6.07) is 21.4.